The quantitative estimate of drug-likeness (QED) is 0.587. The highest BCUT2D eigenvalue weighted by Crippen LogP contribution is 2.35. The molecule has 4 rings (SSSR count). The van der Waals surface area contributed by atoms with Crippen molar-refractivity contribution in [1.82, 2.24) is 0 Å². The minimum Gasteiger partial charge on any atom is -0.305 e. The van der Waals surface area contributed by atoms with Gasteiger partial charge in [-0.3, -0.25) is 9.10 Å². The predicted molar refractivity (Wildman–Crippen MR) is 120 cm³/mol. The zero-order valence-electron chi connectivity index (χ0n) is 16.6. The molecular weight excluding hydrogens is 420 g/mol. The van der Waals surface area contributed by atoms with Crippen LogP contribution in [0.5, 0.6) is 0 Å². The molecule has 1 atom stereocenters. The second-order valence-corrected chi connectivity index (χ2v) is 9.68. The Kier molecular flexibility index (Phi) is 5.30. The summed E-state index contributed by atoms with van der Waals surface area (Å²) in [5, 5.41) is 0.283. The number of benzene rings is 3. The molecule has 0 radical (unpaired) electrons. The molecule has 3 aromatic rings. The number of fused-ring (bicyclic) bond motifs is 1. The van der Waals surface area contributed by atoms with E-state index in [0.29, 0.717) is 5.69 Å². The lowest BCUT2D eigenvalue weighted by Crippen LogP contribution is -2.36. The van der Waals surface area contributed by atoms with Crippen molar-refractivity contribution in [3.05, 3.63) is 88.9 Å². The predicted octanol–water partition coefficient (Wildman–Crippen LogP) is 4.76. The molecule has 0 aromatic heterocycles. The summed E-state index contributed by atoms with van der Waals surface area (Å²) in [5.74, 6) is -0.246. The van der Waals surface area contributed by atoms with Crippen LogP contribution in [0.15, 0.2) is 77.7 Å². The standard InChI is InChI=1S/C23H21ClN2O3S/c1-16-14-17-8-6-7-11-22(17)26(16)23(27)20-15-18(12-13-21(20)24)25(2)30(28,29)19-9-4-3-5-10-19/h3-13,15-16H,14H2,1-2H3. The Bertz CT molecular complexity index is 1210. The first-order valence-electron chi connectivity index (χ1n) is 9.55. The molecule has 0 spiro atoms. The van der Waals surface area contributed by atoms with E-state index in [1.165, 1.54) is 19.2 Å². The number of sulfonamides is 1. The van der Waals surface area contributed by atoms with Crippen LogP contribution in [-0.2, 0) is 16.4 Å². The molecular formula is C23H21ClN2O3S. The van der Waals surface area contributed by atoms with Crippen LogP contribution in [0.2, 0.25) is 5.02 Å². The monoisotopic (exact) mass is 440 g/mol. The van der Waals surface area contributed by atoms with E-state index in [1.807, 2.05) is 31.2 Å². The molecule has 0 aliphatic carbocycles. The Balaban J connectivity index is 1.72. The van der Waals surface area contributed by atoms with Crippen LogP contribution in [0.3, 0.4) is 0 Å². The average Bonchev–Trinajstić information content (AvgIpc) is 3.09. The lowest BCUT2D eigenvalue weighted by atomic mass is 10.1. The zero-order chi connectivity index (χ0) is 21.5. The third-order valence-electron chi connectivity index (χ3n) is 5.37. The van der Waals surface area contributed by atoms with Crippen LogP contribution in [0.1, 0.15) is 22.8 Å². The van der Waals surface area contributed by atoms with Crippen molar-refractivity contribution in [3.8, 4) is 0 Å². The summed E-state index contributed by atoms with van der Waals surface area (Å²) in [6.07, 6.45) is 0.765. The van der Waals surface area contributed by atoms with Crippen molar-refractivity contribution in [3.63, 3.8) is 0 Å². The van der Waals surface area contributed by atoms with Gasteiger partial charge >= 0.3 is 0 Å². The number of nitrogens with zero attached hydrogens (tertiary/aromatic N) is 2. The number of rotatable bonds is 4. The van der Waals surface area contributed by atoms with Gasteiger partial charge in [0.15, 0.2) is 0 Å². The largest absolute Gasteiger partial charge is 0.305 e. The van der Waals surface area contributed by atoms with Gasteiger partial charge in [0.2, 0.25) is 0 Å². The molecule has 0 saturated heterocycles. The Morgan fingerprint density at radius 1 is 1.03 bits per heavy atom. The maximum atomic E-state index is 13.4. The fourth-order valence-electron chi connectivity index (χ4n) is 3.77. The number of carbonyl (C=O) groups is 1. The van der Waals surface area contributed by atoms with Gasteiger partial charge in [0.25, 0.3) is 15.9 Å². The minimum absolute atomic E-state index is 0.0135. The number of carbonyl (C=O) groups excluding carboxylic acids is 1. The summed E-state index contributed by atoms with van der Waals surface area (Å²) in [4.78, 5) is 15.3. The van der Waals surface area contributed by atoms with E-state index in [4.69, 9.17) is 11.6 Å². The zero-order valence-corrected chi connectivity index (χ0v) is 18.2. The Morgan fingerprint density at radius 2 is 1.70 bits per heavy atom. The maximum Gasteiger partial charge on any atom is 0.264 e. The maximum absolute atomic E-state index is 13.4. The summed E-state index contributed by atoms with van der Waals surface area (Å²) in [6.45, 7) is 1.99. The normalized spacial score (nSPS) is 15.7. The first kappa shape index (κ1) is 20.4. The molecule has 3 aromatic carbocycles. The Hall–Kier alpha value is -2.83. The fraction of sp³-hybridized carbons (Fsp3) is 0.174. The van der Waals surface area contributed by atoms with Gasteiger partial charge in [0, 0.05) is 18.8 Å². The van der Waals surface area contributed by atoms with Crippen molar-refractivity contribution in [2.75, 3.05) is 16.3 Å². The fourth-order valence-corrected chi connectivity index (χ4v) is 5.17. The van der Waals surface area contributed by atoms with Crippen LogP contribution < -0.4 is 9.21 Å². The van der Waals surface area contributed by atoms with E-state index in [9.17, 15) is 13.2 Å². The smallest absolute Gasteiger partial charge is 0.264 e. The van der Waals surface area contributed by atoms with Gasteiger partial charge in [0.1, 0.15) is 0 Å². The molecule has 30 heavy (non-hydrogen) atoms. The van der Waals surface area contributed by atoms with Crippen LogP contribution in [-0.4, -0.2) is 27.4 Å². The van der Waals surface area contributed by atoms with E-state index in [2.05, 4.69) is 0 Å². The molecule has 1 aliphatic rings. The highest BCUT2D eigenvalue weighted by molar-refractivity contribution is 7.92. The van der Waals surface area contributed by atoms with Crippen LogP contribution in [0.4, 0.5) is 11.4 Å². The number of hydrogen-bond acceptors (Lipinski definition) is 3. The molecule has 1 aliphatic heterocycles. The van der Waals surface area contributed by atoms with Crippen molar-refractivity contribution < 1.29 is 13.2 Å². The number of amides is 1. The van der Waals surface area contributed by atoms with Crippen molar-refractivity contribution in [2.45, 2.75) is 24.3 Å². The molecule has 1 heterocycles. The van der Waals surface area contributed by atoms with Gasteiger partial charge < -0.3 is 4.90 Å². The molecule has 0 fully saturated rings. The molecule has 0 saturated carbocycles. The van der Waals surface area contributed by atoms with Gasteiger partial charge in [-0.15, -0.1) is 0 Å². The van der Waals surface area contributed by atoms with E-state index < -0.39 is 10.0 Å². The van der Waals surface area contributed by atoms with E-state index in [0.717, 1.165) is 22.0 Å². The van der Waals surface area contributed by atoms with Gasteiger partial charge in [-0.05, 0) is 55.3 Å². The lowest BCUT2D eigenvalue weighted by Gasteiger charge is -2.25. The minimum atomic E-state index is -3.76. The molecule has 1 amide bonds. The number of para-hydroxylation sites is 1. The lowest BCUT2D eigenvalue weighted by molar-refractivity contribution is 0.0981. The van der Waals surface area contributed by atoms with Gasteiger partial charge in [-0.2, -0.15) is 0 Å². The first-order valence-corrected chi connectivity index (χ1v) is 11.4. The summed E-state index contributed by atoms with van der Waals surface area (Å²) < 4.78 is 27.1. The van der Waals surface area contributed by atoms with Crippen molar-refractivity contribution in [2.24, 2.45) is 0 Å². The van der Waals surface area contributed by atoms with Crippen molar-refractivity contribution in [1.29, 1.82) is 0 Å². The average molecular weight is 441 g/mol. The highest BCUT2D eigenvalue weighted by atomic mass is 35.5. The first-order chi connectivity index (χ1) is 14.3. The van der Waals surface area contributed by atoms with E-state index in [1.54, 1.807) is 41.3 Å². The van der Waals surface area contributed by atoms with E-state index >= 15 is 0 Å². The molecule has 0 N–H and O–H groups in total. The number of hydrogen-bond donors (Lipinski definition) is 0. The van der Waals surface area contributed by atoms with Crippen LogP contribution in [0.25, 0.3) is 0 Å². The third kappa shape index (κ3) is 3.46. The third-order valence-corrected chi connectivity index (χ3v) is 7.50. The molecule has 5 nitrogen and oxygen atoms in total. The van der Waals surface area contributed by atoms with Crippen LogP contribution in [0, 0.1) is 0 Å². The van der Waals surface area contributed by atoms with Crippen LogP contribution >= 0.6 is 11.6 Å². The number of anilines is 2. The highest BCUT2D eigenvalue weighted by Gasteiger charge is 2.32. The Morgan fingerprint density at radius 3 is 2.43 bits per heavy atom. The van der Waals surface area contributed by atoms with Gasteiger partial charge in [-0.25, -0.2) is 8.42 Å². The second-order valence-electron chi connectivity index (χ2n) is 7.31. The summed E-state index contributed by atoms with van der Waals surface area (Å²) in [5.41, 5.74) is 2.61. The summed E-state index contributed by atoms with van der Waals surface area (Å²) in [6, 6.07) is 20.6. The van der Waals surface area contributed by atoms with E-state index in [-0.39, 0.29) is 27.4 Å². The number of halogens is 1. The molecule has 7 heteroatoms. The Labute approximate surface area is 181 Å². The topological polar surface area (TPSA) is 57.7 Å². The van der Waals surface area contributed by atoms with Gasteiger partial charge in [-0.1, -0.05) is 48.0 Å². The molecule has 0 bridgehead atoms. The van der Waals surface area contributed by atoms with Gasteiger partial charge in [0.05, 0.1) is 21.2 Å². The molecule has 1 unspecified atom stereocenters. The molecule has 154 valence electrons. The second kappa shape index (κ2) is 7.78. The van der Waals surface area contributed by atoms with Crippen molar-refractivity contribution >= 4 is 38.9 Å². The summed E-state index contributed by atoms with van der Waals surface area (Å²) >= 11 is 6.36. The summed E-state index contributed by atoms with van der Waals surface area (Å²) in [7, 11) is -2.29. The SMILES string of the molecule is CC1Cc2ccccc2N1C(=O)c1cc(N(C)S(=O)(=O)c2ccccc2)ccc1Cl.